The molecule has 0 amide bonds. The van der Waals surface area contributed by atoms with Crippen LogP contribution in [-0.2, 0) is 6.42 Å². The van der Waals surface area contributed by atoms with Crippen molar-refractivity contribution in [2.75, 3.05) is 6.61 Å². The maximum atomic E-state index is 15.1. The molecule has 0 bridgehead atoms. The number of hydrogen-bond acceptors (Lipinski definition) is 1. The van der Waals surface area contributed by atoms with Crippen molar-refractivity contribution in [2.24, 2.45) is 11.3 Å². The second-order valence-electron chi connectivity index (χ2n) is 9.72. The first-order valence-corrected chi connectivity index (χ1v) is 12.5. The third-order valence-electron chi connectivity index (χ3n) is 8.02. The summed E-state index contributed by atoms with van der Waals surface area (Å²) in [5.74, 6) is 2.16. The summed E-state index contributed by atoms with van der Waals surface area (Å²) < 4.78 is 21.4. The summed E-state index contributed by atoms with van der Waals surface area (Å²) in [7, 11) is 0. The summed E-state index contributed by atoms with van der Waals surface area (Å²) in [6.07, 6.45) is 9.11. The lowest BCUT2D eigenvalue weighted by Gasteiger charge is -2.30. The minimum absolute atomic E-state index is 0.103. The van der Waals surface area contributed by atoms with E-state index in [-0.39, 0.29) is 11.2 Å². The third kappa shape index (κ3) is 5.51. The lowest BCUT2D eigenvalue weighted by atomic mass is 9.79. The minimum atomic E-state index is -0.103. The Hall–Kier alpha value is -1.83. The second-order valence-corrected chi connectivity index (χ2v) is 9.72. The molecule has 1 saturated carbocycles. The van der Waals surface area contributed by atoms with Crippen molar-refractivity contribution in [1.82, 2.24) is 0 Å². The molecule has 0 atom stereocenters. The summed E-state index contributed by atoms with van der Waals surface area (Å²) in [5, 5.41) is 0. The molecule has 2 aromatic rings. The molecule has 0 heterocycles. The molecule has 31 heavy (non-hydrogen) atoms. The summed E-state index contributed by atoms with van der Waals surface area (Å²) in [4.78, 5) is 0. The number of ether oxygens (including phenoxy) is 1. The molecule has 0 unspecified atom stereocenters. The van der Waals surface area contributed by atoms with E-state index >= 15 is 4.39 Å². The van der Waals surface area contributed by atoms with Gasteiger partial charge in [0.2, 0.25) is 0 Å². The van der Waals surface area contributed by atoms with E-state index in [2.05, 4.69) is 46.8 Å². The first-order chi connectivity index (χ1) is 14.9. The van der Waals surface area contributed by atoms with Crippen molar-refractivity contribution in [1.29, 1.82) is 0 Å². The molecule has 0 aliphatic heterocycles. The molecular formula is C29H41FO. The maximum Gasteiger partial charge on any atom is 0.131 e. The van der Waals surface area contributed by atoms with Crippen LogP contribution in [0.3, 0.4) is 0 Å². The Kier molecular flexibility index (Phi) is 8.19. The first kappa shape index (κ1) is 23.8. The SMILES string of the molecule is CCc1cc(-c2ccc(C3CCC(C)CC3)cc2F)ccc1OCC(CC)(CC)CC. The maximum absolute atomic E-state index is 15.1. The van der Waals surface area contributed by atoms with Crippen LogP contribution in [0.15, 0.2) is 36.4 Å². The van der Waals surface area contributed by atoms with Crippen LogP contribution < -0.4 is 4.74 Å². The predicted octanol–water partition coefficient (Wildman–Crippen LogP) is 8.94. The Labute approximate surface area is 189 Å². The van der Waals surface area contributed by atoms with Crippen molar-refractivity contribution in [3.05, 3.63) is 53.3 Å². The van der Waals surface area contributed by atoms with E-state index in [9.17, 15) is 0 Å². The molecule has 170 valence electrons. The minimum Gasteiger partial charge on any atom is -0.493 e. The zero-order chi connectivity index (χ0) is 22.4. The van der Waals surface area contributed by atoms with Crippen molar-refractivity contribution in [2.45, 2.75) is 91.9 Å². The second kappa shape index (κ2) is 10.7. The molecule has 0 spiro atoms. The number of aryl methyl sites for hydroxylation is 1. The predicted molar refractivity (Wildman–Crippen MR) is 130 cm³/mol. The normalized spacial score (nSPS) is 19.4. The van der Waals surface area contributed by atoms with E-state index in [1.807, 2.05) is 18.2 Å². The van der Waals surface area contributed by atoms with Crippen LogP contribution in [0.25, 0.3) is 11.1 Å². The van der Waals surface area contributed by atoms with Gasteiger partial charge in [-0.2, -0.15) is 0 Å². The van der Waals surface area contributed by atoms with Crippen LogP contribution in [0.1, 0.15) is 96.6 Å². The quantitative estimate of drug-likeness (QED) is 0.390. The van der Waals surface area contributed by atoms with Crippen molar-refractivity contribution in [3.8, 4) is 16.9 Å². The first-order valence-electron chi connectivity index (χ1n) is 12.5. The van der Waals surface area contributed by atoms with E-state index in [1.165, 1.54) is 31.2 Å². The molecular weight excluding hydrogens is 383 g/mol. The van der Waals surface area contributed by atoms with Crippen molar-refractivity contribution >= 4 is 0 Å². The molecule has 3 rings (SSSR count). The summed E-state index contributed by atoms with van der Waals surface area (Å²) in [6, 6.07) is 12.1. The van der Waals surface area contributed by atoms with Crippen molar-refractivity contribution in [3.63, 3.8) is 0 Å². The van der Waals surface area contributed by atoms with Gasteiger partial charge in [0.25, 0.3) is 0 Å². The topological polar surface area (TPSA) is 9.23 Å². The highest BCUT2D eigenvalue weighted by Gasteiger charge is 2.25. The van der Waals surface area contributed by atoms with Crippen LogP contribution >= 0.6 is 0 Å². The molecule has 0 aromatic heterocycles. The van der Waals surface area contributed by atoms with E-state index in [0.29, 0.717) is 11.5 Å². The molecule has 1 aliphatic rings. The zero-order valence-electron chi connectivity index (χ0n) is 20.3. The van der Waals surface area contributed by atoms with Gasteiger partial charge in [-0.3, -0.25) is 0 Å². The van der Waals surface area contributed by atoms with E-state index in [0.717, 1.165) is 55.1 Å². The molecule has 1 fully saturated rings. The van der Waals surface area contributed by atoms with E-state index in [4.69, 9.17) is 4.74 Å². The largest absolute Gasteiger partial charge is 0.493 e. The lowest BCUT2D eigenvalue weighted by molar-refractivity contribution is 0.127. The molecule has 2 aromatic carbocycles. The Morgan fingerprint density at radius 3 is 2.16 bits per heavy atom. The fraction of sp³-hybridized carbons (Fsp3) is 0.586. The third-order valence-corrected chi connectivity index (χ3v) is 8.02. The van der Waals surface area contributed by atoms with Crippen LogP contribution in [0.4, 0.5) is 4.39 Å². The van der Waals surface area contributed by atoms with E-state index < -0.39 is 0 Å². The van der Waals surface area contributed by atoms with Gasteiger partial charge in [-0.1, -0.05) is 65.7 Å². The number of halogens is 1. The smallest absolute Gasteiger partial charge is 0.131 e. The highest BCUT2D eigenvalue weighted by Crippen LogP contribution is 2.38. The Balaban J connectivity index is 1.79. The summed E-state index contributed by atoms with van der Waals surface area (Å²) in [6.45, 7) is 12.0. The van der Waals surface area contributed by atoms with Crippen molar-refractivity contribution < 1.29 is 9.13 Å². The Morgan fingerprint density at radius 2 is 1.58 bits per heavy atom. The average molecular weight is 425 g/mol. The van der Waals surface area contributed by atoms with Gasteiger partial charge in [0.1, 0.15) is 11.6 Å². The highest BCUT2D eigenvalue weighted by molar-refractivity contribution is 5.67. The van der Waals surface area contributed by atoms with E-state index in [1.54, 1.807) is 6.07 Å². The van der Waals surface area contributed by atoms with Gasteiger partial charge in [-0.15, -0.1) is 0 Å². The summed E-state index contributed by atoms with van der Waals surface area (Å²) >= 11 is 0. The van der Waals surface area contributed by atoms with Crippen LogP contribution in [0, 0.1) is 17.2 Å². The van der Waals surface area contributed by atoms with Gasteiger partial charge in [-0.05, 0) is 85.3 Å². The van der Waals surface area contributed by atoms with Gasteiger partial charge in [0, 0.05) is 11.0 Å². The molecule has 1 nitrogen and oxygen atoms in total. The summed E-state index contributed by atoms with van der Waals surface area (Å²) in [5.41, 5.74) is 4.19. The Morgan fingerprint density at radius 1 is 0.903 bits per heavy atom. The molecule has 0 N–H and O–H groups in total. The van der Waals surface area contributed by atoms with Crippen LogP contribution in [-0.4, -0.2) is 6.61 Å². The van der Waals surface area contributed by atoms with Gasteiger partial charge in [-0.25, -0.2) is 4.39 Å². The highest BCUT2D eigenvalue weighted by atomic mass is 19.1. The Bertz CT molecular complexity index is 836. The van der Waals surface area contributed by atoms with Gasteiger partial charge in [0.05, 0.1) is 6.61 Å². The monoisotopic (exact) mass is 424 g/mol. The van der Waals surface area contributed by atoms with Gasteiger partial charge in [0.15, 0.2) is 0 Å². The fourth-order valence-corrected chi connectivity index (χ4v) is 5.06. The molecule has 2 heteroatoms. The number of benzene rings is 2. The standard InChI is InChI=1S/C29H41FO/c1-6-22-18-25(15-17-28(22)31-20-29(7-2,8-3)9-4)26-16-14-24(19-27(26)30)23-12-10-21(5)11-13-23/h14-19,21,23H,6-13,20H2,1-5H3. The molecule has 0 radical (unpaired) electrons. The zero-order valence-corrected chi connectivity index (χ0v) is 20.3. The van der Waals surface area contributed by atoms with Crippen LogP contribution in [0.2, 0.25) is 0 Å². The number of hydrogen-bond donors (Lipinski definition) is 0. The lowest BCUT2D eigenvalue weighted by Crippen LogP contribution is -2.26. The average Bonchev–Trinajstić information content (AvgIpc) is 2.81. The molecule has 1 aliphatic carbocycles. The fourth-order valence-electron chi connectivity index (χ4n) is 5.06. The number of rotatable bonds is 9. The van der Waals surface area contributed by atoms with Crippen LogP contribution in [0.5, 0.6) is 5.75 Å². The molecule has 0 saturated heterocycles. The van der Waals surface area contributed by atoms with Gasteiger partial charge < -0.3 is 4.74 Å². The van der Waals surface area contributed by atoms with Gasteiger partial charge >= 0.3 is 0 Å².